The van der Waals surface area contributed by atoms with E-state index >= 15 is 0 Å². The van der Waals surface area contributed by atoms with Crippen molar-refractivity contribution in [1.82, 2.24) is 20.1 Å². The van der Waals surface area contributed by atoms with E-state index < -0.39 is 0 Å². The predicted octanol–water partition coefficient (Wildman–Crippen LogP) is 5.46. The van der Waals surface area contributed by atoms with Crippen molar-refractivity contribution in [3.05, 3.63) is 74.6 Å². The maximum atomic E-state index is 12.7. The van der Waals surface area contributed by atoms with E-state index in [-0.39, 0.29) is 17.0 Å². The third kappa shape index (κ3) is 4.86. The zero-order valence-corrected chi connectivity index (χ0v) is 23.8. The number of fused-ring (bicyclic) bond motifs is 2. The number of nitrogens with one attached hydrogen (secondary N) is 1. The number of hydrogen-bond donors (Lipinski definition) is 1. The minimum Gasteiger partial charge on any atom is -0.366 e. The van der Waals surface area contributed by atoms with Crippen molar-refractivity contribution in [2.75, 3.05) is 18.0 Å². The van der Waals surface area contributed by atoms with Gasteiger partial charge in [0.05, 0.1) is 34.6 Å². The van der Waals surface area contributed by atoms with Crippen LogP contribution in [0.1, 0.15) is 68.0 Å². The molecule has 39 heavy (non-hydrogen) atoms. The first kappa shape index (κ1) is 25.7. The number of anilines is 1. The Kier molecular flexibility index (Phi) is 6.52. The molecule has 2 aliphatic rings. The SMILES string of the molecule is CC(C)c1cnn(Cc2cc3nccc(-c4cc(C#N)cc5c4N([C@@H]4CNC(C)(C)C4)CCC5)c3s2)c(=O)c1. The molecule has 2 aliphatic heterocycles. The zero-order chi connectivity index (χ0) is 27.3. The lowest BCUT2D eigenvalue weighted by atomic mass is 9.90. The highest BCUT2D eigenvalue weighted by molar-refractivity contribution is 7.19. The Morgan fingerprint density at radius 3 is 2.79 bits per heavy atom. The summed E-state index contributed by atoms with van der Waals surface area (Å²) >= 11 is 1.65. The smallest absolute Gasteiger partial charge is 0.267 e. The average Bonchev–Trinajstić information content (AvgIpc) is 3.50. The van der Waals surface area contributed by atoms with Crippen LogP contribution < -0.4 is 15.8 Å². The number of pyridine rings is 1. The van der Waals surface area contributed by atoms with Crippen LogP contribution in [0.15, 0.2) is 47.5 Å². The molecule has 0 bridgehead atoms. The molecule has 8 heteroatoms. The number of aryl methyl sites for hydroxylation is 1. The predicted molar refractivity (Wildman–Crippen MR) is 158 cm³/mol. The number of aromatic nitrogens is 3. The topological polar surface area (TPSA) is 86.8 Å². The summed E-state index contributed by atoms with van der Waals surface area (Å²) in [5.74, 6) is 0.261. The molecule has 1 aromatic carbocycles. The van der Waals surface area contributed by atoms with Crippen LogP contribution in [0, 0.1) is 11.3 Å². The van der Waals surface area contributed by atoms with Crippen molar-refractivity contribution in [1.29, 1.82) is 5.26 Å². The summed E-state index contributed by atoms with van der Waals surface area (Å²) < 4.78 is 2.59. The Labute approximate surface area is 233 Å². The van der Waals surface area contributed by atoms with E-state index in [2.05, 4.69) is 78.3 Å². The van der Waals surface area contributed by atoms with Gasteiger partial charge in [-0.2, -0.15) is 10.4 Å². The molecule has 0 saturated carbocycles. The standard InChI is InChI=1S/C31H34N6OS/c1-19(2)22-12-28(38)37(35-16-22)18-24-13-27-30(39-24)25(7-8-33-27)26-11-20(15-32)10-21-6-5-9-36(29(21)26)23-14-31(3,4)34-17-23/h7-8,10-13,16,19,23,34H,5-6,9,14,17-18H2,1-4H3/t23-/m0/s1. The van der Waals surface area contributed by atoms with Crippen molar-refractivity contribution in [3.63, 3.8) is 0 Å². The van der Waals surface area contributed by atoms with E-state index in [0.717, 1.165) is 64.1 Å². The number of hydrogen-bond acceptors (Lipinski definition) is 7. The molecule has 7 nitrogen and oxygen atoms in total. The molecule has 5 heterocycles. The van der Waals surface area contributed by atoms with E-state index in [0.29, 0.717) is 18.2 Å². The van der Waals surface area contributed by atoms with Crippen molar-refractivity contribution in [2.24, 2.45) is 0 Å². The molecule has 1 fully saturated rings. The van der Waals surface area contributed by atoms with Crippen molar-refractivity contribution in [2.45, 2.75) is 71.0 Å². The molecule has 4 aromatic rings. The van der Waals surface area contributed by atoms with Gasteiger partial charge in [0.25, 0.3) is 5.56 Å². The minimum absolute atomic E-state index is 0.0913. The first-order valence-corrected chi connectivity index (χ1v) is 14.6. The molecule has 0 unspecified atom stereocenters. The second kappa shape index (κ2) is 9.89. The van der Waals surface area contributed by atoms with E-state index in [1.54, 1.807) is 23.6 Å². The molecule has 1 N–H and O–H groups in total. The van der Waals surface area contributed by atoms with Crippen LogP contribution in [0.5, 0.6) is 0 Å². The quantitative estimate of drug-likeness (QED) is 0.363. The van der Waals surface area contributed by atoms with Crippen LogP contribution in [0.2, 0.25) is 0 Å². The minimum atomic E-state index is -0.0913. The molecular weight excluding hydrogens is 504 g/mol. The highest BCUT2D eigenvalue weighted by atomic mass is 32.1. The van der Waals surface area contributed by atoms with Crippen molar-refractivity contribution < 1.29 is 0 Å². The first-order valence-electron chi connectivity index (χ1n) is 13.8. The maximum absolute atomic E-state index is 12.7. The van der Waals surface area contributed by atoms with Gasteiger partial charge in [0.2, 0.25) is 0 Å². The van der Waals surface area contributed by atoms with Crippen LogP contribution in [0.4, 0.5) is 5.69 Å². The van der Waals surface area contributed by atoms with E-state index in [9.17, 15) is 10.1 Å². The second-order valence-corrected chi connectivity index (χ2v) is 12.9. The molecule has 0 spiro atoms. The Morgan fingerprint density at radius 2 is 2.08 bits per heavy atom. The Balaban J connectivity index is 1.44. The van der Waals surface area contributed by atoms with E-state index in [1.165, 1.54) is 15.9 Å². The molecule has 0 aliphatic carbocycles. The van der Waals surface area contributed by atoms with Crippen LogP contribution in [0.25, 0.3) is 21.3 Å². The molecule has 1 saturated heterocycles. The molecule has 6 rings (SSSR count). The van der Waals surface area contributed by atoms with Crippen LogP contribution in [-0.4, -0.2) is 39.4 Å². The summed E-state index contributed by atoms with van der Waals surface area (Å²) in [6.07, 6.45) is 6.79. The van der Waals surface area contributed by atoms with Gasteiger partial charge in [0.15, 0.2) is 0 Å². The Hall–Kier alpha value is -3.54. The molecule has 0 radical (unpaired) electrons. The fourth-order valence-corrected chi connectivity index (χ4v) is 7.19. The van der Waals surface area contributed by atoms with E-state index in [1.807, 2.05) is 6.20 Å². The highest BCUT2D eigenvalue weighted by Crippen LogP contribution is 2.44. The van der Waals surface area contributed by atoms with Gasteiger partial charge in [-0.15, -0.1) is 11.3 Å². The monoisotopic (exact) mass is 538 g/mol. The van der Waals surface area contributed by atoms with E-state index in [4.69, 9.17) is 0 Å². The molecule has 0 amide bonds. The summed E-state index contributed by atoms with van der Waals surface area (Å²) in [7, 11) is 0. The average molecular weight is 539 g/mol. The van der Waals surface area contributed by atoms with Gasteiger partial charge in [0, 0.05) is 58.6 Å². The Morgan fingerprint density at radius 1 is 1.23 bits per heavy atom. The lowest BCUT2D eigenvalue weighted by molar-refractivity contribution is 0.450. The first-order chi connectivity index (χ1) is 18.7. The number of rotatable bonds is 5. The van der Waals surface area contributed by atoms with Crippen molar-refractivity contribution in [3.8, 4) is 17.2 Å². The summed E-state index contributed by atoms with van der Waals surface area (Å²) in [6.45, 7) is 11.0. The number of thiophene rings is 1. The second-order valence-electron chi connectivity index (χ2n) is 11.8. The maximum Gasteiger partial charge on any atom is 0.267 e. The van der Waals surface area contributed by atoms with Gasteiger partial charge in [-0.1, -0.05) is 13.8 Å². The summed E-state index contributed by atoms with van der Waals surface area (Å²) in [5.41, 5.74) is 7.27. The number of nitrogens with zero attached hydrogens (tertiary/aromatic N) is 5. The fraction of sp³-hybridized carbons (Fsp3) is 0.419. The molecule has 1 atom stereocenters. The van der Waals surface area contributed by atoms with Gasteiger partial charge >= 0.3 is 0 Å². The van der Waals surface area contributed by atoms with Gasteiger partial charge in [0.1, 0.15) is 0 Å². The number of nitriles is 1. The highest BCUT2D eigenvalue weighted by Gasteiger charge is 2.36. The summed E-state index contributed by atoms with van der Waals surface area (Å²) in [4.78, 5) is 21.0. The largest absolute Gasteiger partial charge is 0.366 e. The number of benzene rings is 1. The van der Waals surface area contributed by atoms with Crippen molar-refractivity contribution >= 4 is 27.2 Å². The molecular formula is C31H34N6OS. The van der Waals surface area contributed by atoms with Crippen LogP contribution in [-0.2, 0) is 13.0 Å². The van der Waals surface area contributed by atoms with Gasteiger partial charge in [-0.25, -0.2) is 4.68 Å². The lowest BCUT2D eigenvalue weighted by Gasteiger charge is -2.38. The third-order valence-electron chi connectivity index (χ3n) is 8.07. The Bertz CT molecular complexity index is 1660. The van der Waals surface area contributed by atoms with Crippen LogP contribution >= 0.6 is 11.3 Å². The molecule has 200 valence electrons. The fourth-order valence-electron chi connectivity index (χ4n) is 6.07. The van der Waals surface area contributed by atoms with Gasteiger partial charge in [-0.3, -0.25) is 9.78 Å². The normalized spacial score (nSPS) is 18.5. The van der Waals surface area contributed by atoms with Gasteiger partial charge < -0.3 is 10.2 Å². The van der Waals surface area contributed by atoms with Gasteiger partial charge in [-0.05, 0) is 74.4 Å². The lowest BCUT2D eigenvalue weighted by Crippen LogP contribution is -2.40. The van der Waals surface area contributed by atoms with Crippen LogP contribution in [0.3, 0.4) is 0 Å². The zero-order valence-electron chi connectivity index (χ0n) is 23.0. The summed E-state index contributed by atoms with van der Waals surface area (Å²) in [5, 5.41) is 18.0. The third-order valence-corrected chi connectivity index (χ3v) is 9.21. The molecule has 3 aromatic heterocycles. The summed E-state index contributed by atoms with van der Waals surface area (Å²) in [6, 6.07) is 12.8.